The van der Waals surface area contributed by atoms with Crippen LogP contribution in [0.25, 0.3) is 0 Å². The van der Waals surface area contributed by atoms with Crippen molar-refractivity contribution in [1.29, 1.82) is 0 Å². The zero-order chi connectivity index (χ0) is 13.7. The Morgan fingerprint density at radius 2 is 2.11 bits per heavy atom. The van der Waals surface area contributed by atoms with Crippen LogP contribution in [0.4, 0.5) is 5.69 Å². The first-order chi connectivity index (χ1) is 8.43. The van der Waals surface area contributed by atoms with Crippen LogP contribution in [0, 0.1) is 0 Å². The van der Waals surface area contributed by atoms with Crippen molar-refractivity contribution in [3.63, 3.8) is 0 Å². The molecule has 1 aromatic heterocycles. The molecule has 0 saturated carbocycles. The van der Waals surface area contributed by atoms with Crippen LogP contribution < -0.4 is 4.67 Å². The van der Waals surface area contributed by atoms with Crippen molar-refractivity contribution < 1.29 is 29.3 Å². The molecule has 0 aliphatic heterocycles. The minimum Gasteiger partial charge on any atom is -0.481 e. The van der Waals surface area contributed by atoms with Crippen molar-refractivity contribution in [1.82, 2.24) is 0 Å². The summed E-state index contributed by atoms with van der Waals surface area (Å²) in [6.45, 7) is 0. The molecule has 18 heavy (non-hydrogen) atoms. The topological polar surface area (TPSA) is 115 Å². The standard InChI is InChI=1S/C9H10NO6PS/c11-8(12)2-1-7(9(13)14)10(17(15)16)6-3-4-18-5-6/h3-5,7H,1-2H2,(H2-,11,12,13,14,15,16)/p+1. The highest BCUT2D eigenvalue weighted by atomic mass is 32.1. The molecule has 2 atom stereocenters. The zero-order valence-corrected chi connectivity index (χ0v) is 10.8. The van der Waals surface area contributed by atoms with Crippen molar-refractivity contribution in [2.24, 2.45) is 0 Å². The SMILES string of the molecule is O=C(O)CCC(C(=O)O)N(c1ccsc1)[P+](=O)O. The molecule has 0 fully saturated rings. The fraction of sp³-hybridized carbons (Fsp3) is 0.333. The zero-order valence-electron chi connectivity index (χ0n) is 9.09. The van der Waals surface area contributed by atoms with E-state index >= 15 is 0 Å². The molecule has 0 bridgehead atoms. The van der Waals surface area contributed by atoms with E-state index in [-0.39, 0.29) is 12.8 Å². The van der Waals surface area contributed by atoms with Crippen LogP contribution in [-0.2, 0) is 14.2 Å². The summed E-state index contributed by atoms with van der Waals surface area (Å²) in [6, 6.07) is 0.162. The van der Waals surface area contributed by atoms with Crippen LogP contribution in [0.2, 0.25) is 0 Å². The van der Waals surface area contributed by atoms with Gasteiger partial charge >= 0.3 is 20.1 Å². The fourth-order valence-corrected chi connectivity index (χ4v) is 2.88. The maximum Gasteiger partial charge on any atom is 0.643 e. The second-order valence-corrected chi connectivity index (χ2v) is 5.08. The number of nitrogens with zero attached hydrogens (tertiary/aromatic N) is 1. The molecule has 0 aliphatic carbocycles. The predicted molar refractivity (Wildman–Crippen MR) is 64.9 cm³/mol. The number of hydrogen-bond donors (Lipinski definition) is 3. The van der Waals surface area contributed by atoms with Crippen LogP contribution in [0.15, 0.2) is 16.8 Å². The van der Waals surface area contributed by atoms with Crippen LogP contribution in [0.1, 0.15) is 12.8 Å². The van der Waals surface area contributed by atoms with E-state index in [1.807, 2.05) is 0 Å². The largest absolute Gasteiger partial charge is 0.643 e. The summed E-state index contributed by atoms with van der Waals surface area (Å²) in [5.74, 6) is -2.49. The monoisotopic (exact) mass is 292 g/mol. The smallest absolute Gasteiger partial charge is 0.481 e. The van der Waals surface area contributed by atoms with E-state index in [2.05, 4.69) is 0 Å². The second-order valence-electron chi connectivity index (χ2n) is 3.37. The molecule has 0 aliphatic rings. The van der Waals surface area contributed by atoms with Gasteiger partial charge in [-0.15, -0.1) is 9.56 Å². The highest BCUT2D eigenvalue weighted by Gasteiger charge is 2.39. The minimum atomic E-state index is -2.90. The Labute approximate surface area is 107 Å². The van der Waals surface area contributed by atoms with Crippen molar-refractivity contribution in [3.05, 3.63) is 16.8 Å². The van der Waals surface area contributed by atoms with Gasteiger partial charge in [0.2, 0.25) is 0 Å². The lowest BCUT2D eigenvalue weighted by molar-refractivity contribution is -0.139. The van der Waals surface area contributed by atoms with Gasteiger partial charge in [0, 0.05) is 11.8 Å². The molecule has 1 heterocycles. The number of carboxylic acids is 2. The van der Waals surface area contributed by atoms with E-state index < -0.39 is 26.2 Å². The molecule has 2 unspecified atom stereocenters. The summed E-state index contributed by atoms with van der Waals surface area (Å²) < 4.78 is 12.1. The van der Waals surface area contributed by atoms with Crippen molar-refractivity contribution in [2.75, 3.05) is 4.67 Å². The van der Waals surface area contributed by atoms with E-state index in [0.717, 1.165) is 4.67 Å². The summed E-state index contributed by atoms with van der Waals surface area (Å²) in [5, 5.41) is 20.7. The first-order valence-corrected chi connectivity index (χ1v) is 6.96. The normalized spacial score (nSPS) is 12.8. The molecule has 98 valence electrons. The van der Waals surface area contributed by atoms with Crippen LogP contribution >= 0.6 is 19.5 Å². The Kier molecular flexibility index (Phi) is 5.21. The average molecular weight is 292 g/mol. The van der Waals surface area contributed by atoms with Crippen LogP contribution in [0.3, 0.4) is 0 Å². The average Bonchev–Trinajstić information content (AvgIpc) is 2.75. The lowest BCUT2D eigenvalue weighted by Crippen LogP contribution is -2.37. The molecule has 0 aromatic carbocycles. The first kappa shape index (κ1) is 14.6. The van der Waals surface area contributed by atoms with Crippen molar-refractivity contribution >= 4 is 37.1 Å². The number of rotatable bonds is 7. The molecule has 1 rings (SSSR count). The van der Waals surface area contributed by atoms with Gasteiger partial charge in [-0.25, -0.2) is 4.79 Å². The van der Waals surface area contributed by atoms with Gasteiger partial charge in [-0.3, -0.25) is 4.79 Å². The Bertz CT molecular complexity index is 448. The summed E-state index contributed by atoms with van der Waals surface area (Å²) in [6.07, 6.45) is -0.636. The summed E-state index contributed by atoms with van der Waals surface area (Å²) in [7, 11) is -2.90. The molecular weight excluding hydrogens is 281 g/mol. The highest BCUT2D eigenvalue weighted by Crippen LogP contribution is 2.35. The van der Waals surface area contributed by atoms with Gasteiger partial charge in [-0.05, 0) is 22.4 Å². The van der Waals surface area contributed by atoms with Gasteiger partial charge in [-0.2, -0.15) is 11.3 Å². The van der Waals surface area contributed by atoms with Gasteiger partial charge in [0.15, 0.2) is 6.04 Å². The highest BCUT2D eigenvalue weighted by molar-refractivity contribution is 7.40. The Hall–Kier alpha value is -1.50. The first-order valence-electron chi connectivity index (χ1n) is 4.85. The maximum absolute atomic E-state index is 11.3. The minimum absolute atomic E-state index is 0.248. The molecule has 7 nitrogen and oxygen atoms in total. The molecule has 3 N–H and O–H groups in total. The maximum atomic E-state index is 11.3. The van der Waals surface area contributed by atoms with Crippen LogP contribution in [0.5, 0.6) is 0 Å². The molecule has 9 heteroatoms. The van der Waals surface area contributed by atoms with E-state index in [4.69, 9.17) is 10.2 Å². The van der Waals surface area contributed by atoms with E-state index in [1.54, 1.807) is 5.38 Å². The molecule has 1 aromatic rings. The predicted octanol–water partition coefficient (Wildman–Crippen LogP) is 1.52. The fourth-order valence-electron chi connectivity index (χ4n) is 1.40. The van der Waals surface area contributed by atoms with Crippen molar-refractivity contribution in [2.45, 2.75) is 18.9 Å². The third-order valence-electron chi connectivity index (χ3n) is 2.17. The number of aliphatic carboxylic acids is 2. The Morgan fingerprint density at radius 3 is 2.50 bits per heavy atom. The lowest BCUT2D eigenvalue weighted by atomic mass is 10.1. The number of carbonyl (C=O) groups is 2. The molecule has 0 saturated heterocycles. The van der Waals surface area contributed by atoms with Gasteiger partial charge in [0.05, 0.1) is 5.69 Å². The number of carboxylic acid groups (broad SMARTS) is 2. The van der Waals surface area contributed by atoms with Gasteiger partial charge < -0.3 is 10.2 Å². The number of hydrogen-bond acceptors (Lipinski definition) is 4. The molecule has 0 amide bonds. The summed E-state index contributed by atoms with van der Waals surface area (Å²) in [4.78, 5) is 30.7. The van der Waals surface area contributed by atoms with Gasteiger partial charge in [0.25, 0.3) is 0 Å². The van der Waals surface area contributed by atoms with E-state index in [0.29, 0.717) is 5.69 Å². The van der Waals surface area contributed by atoms with Gasteiger partial charge in [-0.1, -0.05) is 0 Å². The molecule has 0 radical (unpaired) electrons. The quantitative estimate of drug-likeness (QED) is 0.652. The van der Waals surface area contributed by atoms with Crippen LogP contribution in [-0.4, -0.2) is 33.1 Å². The Balaban J connectivity index is 2.96. The second kappa shape index (κ2) is 6.44. The molecular formula is C9H11NO6PS+. The molecule has 0 spiro atoms. The van der Waals surface area contributed by atoms with E-state index in [1.165, 1.54) is 22.8 Å². The lowest BCUT2D eigenvalue weighted by Gasteiger charge is -2.16. The third-order valence-corrected chi connectivity index (χ3v) is 3.72. The summed E-state index contributed by atoms with van der Waals surface area (Å²) in [5.41, 5.74) is 0.293. The van der Waals surface area contributed by atoms with E-state index in [9.17, 15) is 19.0 Å². The Morgan fingerprint density at radius 1 is 1.44 bits per heavy atom. The summed E-state index contributed by atoms with van der Waals surface area (Å²) >= 11 is 1.25. The number of thiophene rings is 1. The third kappa shape index (κ3) is 3.76. The van der Waals surface area contributed by atoms with Gasteiger partial charge in [0.1, 0.15) is 0 Å². The van der Waals surface area contributed by atoms with Crippen molar-refractivity contribution in [3.8, 4) is 0 Å². The number of anilines is 1.